The van der Waals surface area contributed by atoms with Gasteiger partial charge in [0.2, 0.25) is 0 Å². The number of carbonyl (C=O) groups excluding carboxylic acids is 1. The summed E-state index contributed by atoms with van der Waals surface area (Å²) in [5.74, 6) is 0.338. The van der Waals surface area contributed by atoms with Crippen LogP contribution < -0.4 is 10.6 Å². The number of nitrogens with zero attached hydrogens (tertiary/aromatic N) is 2. The minimum absolute atomic E-state index is 0.299. The number of hydrogen-bond acceptors (Lipinski definition) is 5. The van der Waals surface area contributed by atoms with Gasteiger partial charge in [0.15, 0.2) is 5.11 Å². The summed E-state index contributed by atoms with van der Waals surface area (Å²) in [5, 5.41) is 12.2. The zero-order chi connectivity index (χ0) is 19.6. The van der Waals surface area contributed by atoms with Gasteiger partial charge in [-0.15, -0.1) is 11.3 Å². The third-order valence-corrected chi connectivity index (χ3v) is 6.36. The van der Waals surface area contributed by atoms with Crippen molar-refractivity contribution >= 4 is 39.6 Å². The number of carbonyl (C=O) groups is 1. The van der Waals surface area contributed by atoms with Gasteiger partial charge >= 0.3 is 5.97 Å². The van der Waals surface area contributed by atoms with Crippen LogP contribution in [0.3, 0.4) is 0 Å². The Bertz CT molecular complexity index is 856. The Morgan fingerprint density at radius 3 is 2.96 bits per heavy atom. The Morgan fingerprint density at radius 2 is 2.30 bits per heavy atom. The van der Waals surface area contributed by atoms with E-state index in [2.05, 4.69) is 29.6 Å². The molecule has 27 heavy (non-hydrogen) atoms. The average Bonchev–Trinajstić information content (AvgIpc) is 3.18. The van der Waals surface area contributed by atoms with Crippen molar-refractivity contribution in [3.05, 3.63) is 33.5 Å². The predicted molar refractivity (Wildman–Crippen MR) is 113 cm³/mol. The van der Waals surface area contributed by atoms with Gasteiger partial charge in [0.1, 0.15) is 5.00 Å². The number of nitrogens with one attached hydrogen (secondary N) is 2. The molecule has 0 radical (unpaired) electrons. The van der Waals surface area contributed by atoms with Crippen LogP contribution in [0.1, 0.15) is 52.3 Å². The lowest BCUT2D eigenvalue weighted by molar-refractivity contribution is 0.0601. The van der Waals surface area contributed by atoms with Crippen LogP contribution >= 0.6 is 23.6 Å². The summed E-state index contributed by atoms with van der Waals surface area (Å²) >= 11 is 7.08. The lowest BCUT2D eigenvalue weighted by Gasteiger charge is -2.18. The molecule has 0 saturated heterocycles. The van der Waals surface area contributed by atoms with E-state index in [9.17, 15) is 4.79 Å². The largest absolute Gasteiger partial charge is 0.465 e. The molecule has 2 aromatic heterocycles. The van der Waals surface area contributed by atoms with Crippen LogP contribution in [0.2, 0.25) is 0 Å². The van der Waals surface area contributed by atoms with E-state index < -0.39 is 0 Å². The van der Waals surface area contributed by atoms with Crippen molar-refractivity contribution in [3.8, 4) is 0 Å². The van der Waals surface area contributed by atoms with Gasteiger partial charge in [0.05, 0.1) is 18.4 Å². The number of aryl methyl sites for hydroxylation is 2. The van der Waals surface area contributed by atoms with Gasteiger partial charge in [-0.3, -0.25) is 4.68 Å². The highest BCUT2D eigenvalue weighted by Crippen LogP contribution is 2.40. The summed E-state index contributed by atoms with van der Waals surface area (Å²) in [7, 11) is 1.42. The van der Waals surface area contributed by atoms with Crippen LogP contribution in [-0.4, -0.2) is 28.0 Å². The van der Waals surface area contributed by atoms with Crippen molar-refractivity contribution in [3.63, 3.8) is 0 Å². The molecule has 1 atom stereocenters. The molecule has 0 spiro atoms. The average molecular weight is 407 g/mol. The van der Waals surface area contributed by atoms with E-state index >= 15 is 0 Å². The van der Waals surface area contributed by atoms with Crippen molar-refractivity contribution in [2.75, 3.05) is 12.4 Å². The first-order valence-electron chi connectivity index (χ1n) is 9.23. The quantitative estimate of drug-likeness (QED) is 0.583. The van der Waals surface area contributed by atoms with Crippen LogP contribution in [-0.2, 0) is 30.7 Å². The van der Waals surface area contributed by atoms with Gasteiger partial charge in [-0.1, -0.05) is 6.92 Å². The first kappa shape index (κ1) is 19.8. The number of methoxy groups -OCH3 is 1. The fourth-order valence-electron chi connectivity index (χ4n) is 3.37. The normalized spacial score (nSPS) is 15.9. The molecule has 8 heteroatoms. The molecule has 3 rings (SSSR count). The Balaban J connectivity index is 1.73. The Hall–Kier alpha value is -1.93. The van der Waals surface area contributed by atoms with E-state index in [0.717, 1.165) is 47.6 Å². The third kappa shape index (κ3) is 4.32. The van der Waals surface area contributed by atoms with E-state index in [1.807, 2.05) is 17.8 Å². The first-order valence-corrected chi connectivity index (χ1v) is 10.5. The Labute approximate surface area is 169 Å². The second-order valence-corrected chi connectivity index (χ2v) is 8.46. The summed E-state index contributed by atoms with van der Waals surface area (Å²) in [4.78, 5) is 13.6. The minimum Gasteiger partial charge on any atom is -0.465 e. The fourth-order valence-corrected chi connectivity index (χ4v) is 5.02. The zero-order valence-corrected chi connectivity index (χ0v) is 17.9. The monoisotopic (exact) mass is 406 g/mol. The lowest BCUT2D eigenvalue weighted by atomic mass is 9.88. The molecule has 0 aliphatic heterocycles. The van der Waals surface area contributed by atoms with E-state index in [4.69, 9.17) is 17.0 Å². The number of rotatable bonds is 5. The molecule has 146 valence electrons. The number of anilines is 1. The number of thiophene rings is 1. The molecule has 0 amide bonds. The van der Waals surface area contributed by atoms with Crippen molar-refractivity contribution in [2.24, 2.45) is 5.92 Å². The molecule has 6 nitrogen and oxygen atoms in total. The van der Waals surface area contributed by atoms with Crippen LogP contribution in [0.5, 0.6) is 0 Å². The van der Waals surface area contributed by atoms with Gasteiger partial charge in [-0.25, -0.2) is 4.79 Å². The van der Waals surface area contributed by atoms with E-state index in [-0.39, 0.29) is 5.97 Å². The molecule has 0 saturated carbocycles. The summed E-state index contributed by atoms with van der Waals surface area (Å²) < 4.78 is 6.93. The second-order valence-electron chi connectivity index (χ2n) is 6.95. The summed E-state index contributed by atoms with van der Waals surface area (Å²) in [6.45, 7) is 7.73. The highest BCUT2D eigenvalue weighted by Gasteiger charge is 2.28. The molecule has 1 aliphatic carbocycles. The second kappa shape index (κ2) is 8.39. The molecule has 2 aromatic rings. The number of esters is 1. The van der Waals surface area contributed by atoms with E-state index in [1.54, 1.807) is 11.3 Å². The van der Waals surface area contributed by atoms with Crippen molar-refractivity contribution in [1.82, 2.24) is 15.1 Å². The maximum Gasteiger partial charge on any atom is 0.341 e. The van der Waals surface area contributed by atoms with Gasteiger partial charge < -0.3 is 15.4 Å². The number of fused-ring (bicyclic) bond motifs is 1. The van der Waals surface area contributed by atoms with E-state index in [0.29, 0.717) is 23.1 Å². The number of hydrogen-bond donors (Lipinski definition) is 2. The molecule has 1 aliphatic rings. The van der Waals surface area contributed by atoms with E-state index in [1.165, 1.54) is 12.0 Å². The van der Waals surface area contributed by atoms with Crippen LogP contribution in [0.15, 0.2) is 6.20 Å². The highest BCUT2D eigenvalue weighted by atomic mass is 32.1. The SMILES string of the molecule is CCn1cc(CNC(=S)Nc2sc3c(c2C(=O)OC)CC[C@H](C)C3)c(C)n1. The van der Waals surface area contributed by atoms with Crippen LogP contribution in [0, 0.1) is 12.8 Å². The fraction of sp³-hybridized carbons (Fsp3) is 0.526. The summed E-state index contributed by atoms with van der Waals surface area (Å²) in [5.41, 5.74) is 3.86. The lowest BCUT2D eigenvalue weighted by Crippen LogP contribution is -2.28. The van der Waals surface area contributed by atoms with Crippen molar-refractivity contribution < 1.29 is 9.53 Å². The van der Waals surface area contributed by atoms with Gasteiger partial charge in [0.25, 0.3) is 0 Å². The topological polar surface area (TPSA) is 68.2 Å². The zero-order valence-electron chi connectivity index (χ0n) is 16.2. The summed E-state index contributed by atoms with van der Waals surface area (Å²) in [6.07, 6.45) is 5.03. The highest BCUT2D eigenvalue weighted by molar-refractivity contribution is 7.80. The first-order chi connectivity index (χ1) is 12.9. The molecule has 0 aromatic carbocycles. The third-order valence-electron chi connectivity index (χ3n) is 4.94. The summed E-state index contributed by atoms with van der Waals surface area (Å²) in [6, 6.07) is 0. The molecule has 2 N–H and O–H groups in total. The van der Waals surface area contributed by atoms with Crippen LogP contribution in [0.4, 0.5) is 5.00 Å². The minimum atomic E-state index is -0.299. The number of ether oxygens (including phenoxy) is 1. The smallest absolute Gasteiger partial charge is 0.341 e. The number of aromatic nitrogens is 2. The molecule has 0 fully saturated rings. The van der Waals surface area contributed by atoms with Gasteiger partial charge in [0, 0.05) is 29.7 Å². The van der Waals surface area contributed by atoms with Crippen molar-refractivity contribution in [2.45, 2.75) is 53.1 Å². The standard InChI is InChI=1S/C19H26N4O2S2/c1-5-23-10-13(12(3)22-23)9-20-19(26)21-17-16(18(24)25-4)14-7-6-11(2)8-15(14)27-17/h10-11H,5-9H2,1-4H3,(H2,20,21,26)/t11-/m0/s1. The molecular weight excluding hydrogens is 380 g/mol. The van der Waals surface area contributed by atoms with Crippen molar-refractivity contribution in [1.29, 1.82) is 0 Å². The predicted octanol–water partition coefficient (Wildman–Crippen LogP) is 3.67. The maximum absolute atomic E-state index is 12.4. The number of thiocarbonyl (C=S) groups is 1. The van der Waals surface area contributed by atoms with Gasteiger partial charge in [-0.2, -0.15) is 5.10 Å². The Kier molecular flexibility index (Phi) is 6.16. The van der Waals surface area contributed by atoms with Gasteiger partial charge in [-0.05, 0) is 56.8 Å². The molecule has 0 bridgehead atoms. The molecular formula is C19H26N4O2S2. The Morgan fingerprint density at radius 1 is 1.52 bits per heavy atom. The molecule has 0 unspecified atom stereocenters. The molecule has 2 heterocycles. The maximum atomic E-state index is 12.4. The van der Waals surface area contributed by atoms with Crippen LogP contribution in [0.25, 0.3) is 0 Å².